The number of nitrogens with zero attached hydrogens (tertiary/aromatic N) is 4. The average molecular weight is 502 g/mol. The lowest BCUT2D eigenvalue weighted by atomic mass is 9.78. The molecule has 1 aromatic carbocycles. The molecule has 34 heavy (non-hydrogen) atoms. The van der Waals surface area contributed by atoms with Crippen molar-refractivity contribution in [3.8, 4) is 11.4 Å². The highest BCUT2D eigenvalue weighted by molar-refractivity contribution is 7.87. The number of aromatic nitrogens is 2. The minimum atomic E-state index is -3.95. The summed E-state index contributed by atoms with van der Waals surface area (Å²) in [6, 6.07) is 2.86. The molecule has 1 aliphatic rings. The molecular weight excluding hydrogens is 475 g/mol. The number of hydroxylamine groups is 2. The molecule has 1 N–H and O–H groups in total. The van der Waals surface area contributed by atoms with Crippen molar-refractivity contribution in [2.45, 2.75) is 31.5 Å². The van der Waals surface area contributed by atoms with Gasteiger partial charge in [0.25, 0.3) is 16.1 Å². The van der Waals surface area contributed by atoms with E-state index in [9.17, 15) is 22.0 Å². The molecule has 9 nitrogen and oxygen atoms in total. The third kappa shape index (κ3) is 5.37. The van der Waals surface area contributed by atoms with Crippen molar-refractivity contribution in [2.75, 3.05) is 28.3 Å². The Morgan fingerprint density at radius 1 is 1.21 bits per heavy atom. The number of halogens is 3. The summed E-state index contributed by atoms with van der Waals surface area (Å²) in [6.45, 7) is 0. The molecule has 0 radical (unpaired) electrons. The second-order valence-electron chi connectivity index (χ2n) is 8.42. The van der Waals surface area contributed by atoms with Gasteiger partial charge < -0.3 is 0 Å². The molecule has 1 heterocycles. The predicted octanol–water partition coefficient (Wildman–Crippen LogP) is 1.87. The van der Waals surface area contributed by atoms with Crippen LogP contribution in [0.4, 0.5) is 13.2 Å². The predicted molar refractivity (Wildman–Crippen MR) is 117 cm³/mol. The quantitative estimate of drug-likeness (QED) is 0.554. The Hall–Kier alpha value is -2.61. The molecule has 186 valence electrons. The summed E-state index contributed by atoms with van der Waals surface area (Å²) in [5.74, 6) is -1.94. The van der Waals surface area contributed by atoms with Crippen molar-refractivity contribution < 1.29 is 31.2 Å². The van der Waals surface area contributed by atoms with Crippen LogP contribution in [0, 0.1) is 17.0 Å². The summed E-state index contributed by atoms with van der Waals surface area (Å²) in [4.78, 5) is 25.9. The Balaban J connectivity index is 1.98. The van der Waals surface area contributed by atoms with Gasteiger partial charge in [-0.25, -0.2) is 28.2 Å². The Morgan fingerprint density at radius 3 is 2.44 bits per heavy atom. The van der Waals surface area contributed by atoms with E-state index < -0.39 is 45.4 Å². The van der Waals surface area contributed by atoms with E-state index >= 15 is 4.39 Å². The van der Waals surface area contributed by atoms with Gasteiger partial charge >= 0.3 is 0 Å². The van der Waals surface area contributed by atoms with Crippen LogP contribution in [0.25, 0.3) is 11.4 Å². The van der Waals surface area contributed by atoms with Gasteiger partial charge in [0.1, 0.15) is 12.0 Å². The number of alkyl halides is 1. The molecule has 1 amide bonds. The first-order valence-electron chi connectivity index (χ1n) is 10.3. The Morgan fingerprint density at radius 2 is 1.85 bits per heavy atom. The summed E-state index contributed by atoms with van der Waals surface area (Å²) in [5.41, 5.74) is -0.923. The van der Waals surface area contributed by atoms with Crippen LogP contribution in [-0.4, -0.2) is 74.1 Å². The molecule has 0 saturated heterocycles. The summed E-state index contributed by atoms with van der Waals surface area (Å²) < 4.78 is 70.5. The topological polar surface area (TPSA) is 105 Å². The van der Waals surface area contributed by atoms with Crippen LogP contribution in [-0.2, 0) is 26.3 Å². The third-order valence-electron chi connectivity index (χ3n) is 5.86. The molecule has 1 saturated carbocycles. The molecule has 13 heteroatoms. The van der Waals surface area contributed by atoms with Crippen molar-refractivity contribution in [2.24, 2.45) is 5.41 Å². The van der Waals surface area contributed by atoms with E-state index in [2.05, 4.69) is 14.7 Å². The van der Waals surface area contributed by atoms with Crippen molar-refractivity contribution in [3.63, 3.8) is 0 Å². The fraction of sp³-hybridized carbons (Fsp3) is 0.476. The minimum Gasteiger partial charge on any atom is -0.275 e. The lowest BCUT2D eigenvalue weighted by Crippen LogP contribution is -2.46. The summed E-state index contributed by atoms with van der Waals surface area (Å²) >= 11 is 0. The maximum Gasteiger partial charge on any atom is 0.279 e. The Bertz CT molecular complexity index is 1150. The number of carbonyl (C=O) groups is 1. The fourth-order valence-electron chi connectivity index (χ4n) is 4.07. The fourth-order valence-corrected chi connectivity index (χ4v) is 4.89. The van der Waals surface area contributed by atoms with Gasteiger partial charge in [-0.15, -0.1) is 0 Å². The molecule has 1 aliphatic carbocycles. The summed E-state index contributed by atoms with van der Waals surface area (Å²) in [7, 11) is 1.31. The highest BCUT2D eigenvalue weighted by Gasteiger charge is 2.53. The van der Waals surface area contributed by atoms with E-state index in [1.807, 2.05) is 0 Å². The van der Waals surface area contributed by atoms with Crippen LogP contribution in [0.1, 0.15) is 18.4 Å². The highest BCUT2D eigenvalue weighted by Crippen LogP contribution is 2.45. The maximum atomic E-state index is 15.1. The Kier molecular flexibility index (Phi) is 7.60. The van der Waals surface area contributed by atoms with E-state index in [-0.39, 0.29) is 30.7 Å². The molecule has 2 aromatic rings. The van der Waals surface area contributed by atoms with Crippen LogP contribution < -0.4 is 4.72 Å². The number of hydrogen-bond donors (Lipinski definition) is 1. The Labute approximate surface area is 196 Å². The molecular formula is C21H26F3N5O4S. The van der Waals surface area contributed by atoms with Crippen LogP contribution >= 0.6 is 0 Å². The second kappa shape index (κ2) is 9.94. The number of nitrogens with one attached hydrogen (secondary N) is 1. The SMILES string of the molecule is CON(C)C(=O)[C@@]1(Cc2ccc(F)c(-c3ncc(F)cn3)c2)C[C@H](F)[C@H](NS(=O)(=O)N(C)C)C1. The molecule has 0 bridgehead atoms. The molecule has 0 unspecified atom stereocenters. The van der Waals surface area contributed by atoms with Crippen LogP contribution in [0.3, 0.4) is 0 Å². The normalized spacial score (nSPS) is 22.8. The first-order chi connectivity index (χ1) is 15.9. The standard InChI is InChI=1S/C21H26F3N5O4S/c1-28(2)34(31,32)27-18-10-21(9-17(18)24,20(30)29(3)33-4)8-13-5-6-16(23)15(7-13)19-25-11-14(22)12-26-19/h5-7,11-12,17-18,27H,8-10H2,1-4H3/t17-,18+,21-/m0/s1. The van der Waals surface area contributed by atoms with E-state index in [0.717, 1.165) is 27.8 Å². The largest absolute Gasteiger partial charge is 0.279 e. The van der Waals surface area contributed by atoms with Gasteiger partial charge in [0.2, 0.25) is 0 Å². The van der Waals surface area contributed by atoms with Gasteiger partial charge in [-0.2, -0.15) is 17.4 Å². The monoisotopic (exact) mass is 501 g/mol. The summed E-state index contributed by atoms with van der Waals surface area (Å²) in [5, 5.41) is 0.961. The zero-order valence-corrected chi connectivity index (χ0v) is 19.9. The first kappa shape index (κ1) is 26.0. The molecule has 3 atom stereocenters. The molecule has 1 aromatic heterocycles. The van der Waals surface area contributed by atoms with E-state index in [1.54, 1.807) is 0 Å². The molecule has 1 fully saturated rings. The van der Waals surface area contributed by atoms with Gasteiger partial charge in [-0.1, -0.05) is 6.07 Å². The third-order valence-corrected chi connectivity index (χ3v) is 7.42. The first-order valence-corrected chi connectivity index (χ1v) is 11.7. The van der Waals surface area contributed by atoms with Crippen molar-refractivity contribution in [1.82, 2.24) is 24.1 Å². The van der Waals surface area contributed by atoms with Crippen LogP contribution in [0.2, 0.25) is 0 Å². The number of carbonyl (C=O) groups excluding carboxylic acids is 1. The zero-order valence-electron chi connectivity index (χ0n) is 19.1. The number of amides is 1. The van der Waals surface area contributed by atoms with E-state index in [1.165, 1.54) is 40.4 Å². The molecule has 3 rings (SSSR count). The van der Waals surface area contributed by atoms with E-state index in [0.29, 0.717) is 5.56 Å². The lowest BCUT2D eigenvalue weighted by molar-refractivity contribution is -0.180. The number of rotatable bonds is 8. The van der Waals surface area contributed by atoms with Gasteiger partial charge in [0, 0.05) is 21.1 Å². The molecule has 0 spiro atoms. The smallest absolute Gasteiger partial charge is 0.275 e. The number of hydrogen-bond acceptors (Lipinski definition) is 6. The van der Waals surface area contributed by atoms with Crippen molar-refractivity contribution >= 4 is 16.1 Å². The lowest BCUT2D eigenvalue weighted by Gasteiger charge is -2.31. The van der Waals surface area contributed by atoms with Crippen LogP contribution in [0.15, 0.2) is 30.6 Å². The van der Waals surface area contributed by atoms with Gasteiger partial charge in [-0.05, 0) is 37.0 Å². The maximum absolute atomic E-state index is 15.1. The van der Waals surface area contributed by atoms with Crippen molar-refractivity contribution in [1.29, 1.82) is 0 Å². The van der Waals surface area contributed by atoms with Gasteiger partial charge in [0.15, 0.2) is 11.6 Å². The number of benzene rings is 1. The van der Waals surface area contributed by atoms with Gasteiger partial charge in [0.05, 0.1) is 36.5 Å². The average Bonchev–Trinajstić information content (AvgIpc) is 3.09. The zero-order chi connectivity index (χ0) is 25.3. The molecule has 0 aliphatic heterocycles. The van der Waals surface area contributed by atoms with Crippen LogP contribution in [0.5, 0.6) is 0 Å². The summed E-state index contributed by atoms with van der Waals surface area (Å²) in [6.07, 6.45) is -0.301. The second-order valence-corrected chi connectivity index (χ2v) is 10.3. The van der Waals surface area contributed by atoms with Crippen molar-refractivity contribution in [3.05, 3.63) is 47.8 Å². The van der Waals surface area contributed by atoms with Gasteiger partial charge in [-0.3, -0.25) is 9.63 Å². The van der Waals surface area contributed by atoms with E-state index in [4.69, 9.17) is 4.84 Å². The highest BCUT2D eigenvalue weighted by atomic mass is 32.2. The minimum absolute atomic E-state index is 0.0140.